The fourth-order valence-electron chi connectivity index (χ4n) is 2.07. The molecule has 5 heteroatoms. The fourth-order valence-corrected chi connectivity index (χ4v) is 2.07. The molecule has 5 nitrogen and oxygen atoms in total. The molecular weight excluding hydrogens is 250 g/mol. The first kappa shape index (κ1) is 14.5. The molecule has 20 heavy (non-hydrogen) atoms. The average Bonchev–Trinajstić information content (AvgIpc) is 2.73. The van der Waals surface area contributed by atoms with Gasteiger partial charge < -0.3 is 5.32 Å². The van der Waals surface area contributed by atoms with Crippen LogP contribution >= 0.6 is 0 Å². The number of rotatable bonds is 4. The molecule has 2 aromatic rings. The highest BCUT2D eigenvalue weighted by Crippen LogP contribution is 2.23. The maximum atomic E-state index is 4.73. The van der Waals surface area contributed by atoms with Crippen molar-refractivity contribution in [1.82, 2.24) is 19.5 Å². The number of aromatic nitrogens is 4. The third-order valence-corrected chi connectivity index (χ3v) is 3.48. The first-order chi connectivity index (χ1) is 9.45. The molecule has 0 radical (unpaired) electrons. The van der Waals surface area contributed by atoms with E-state index in [1.165, 1.54) is 0 Å². The maximum Gasteiger partial charge on any atom is 0.146 e. The van der Waals surface area contributed by atoms with Crippen molar-refractivity contribution in [2.75, 3.05) is 11.9 Å². The molecule has 1 N–H and O–H groups in total. The molecule has 0 atom stereocenters. The van der Waals surface area contributed by atoms with Gasteiger partial charge in [0.1, 0.15) is 23.8 Å². The predicted octanol–water partition coefficient (Wildman–Crippen LogP) is 3.14. The van der Waals surface area contributed by atoms with Crippen molar-refractivity contribution in [3.63, 3.8) is 0 Å². The molecular formula is C15H23N5. The van der Waals surface area contributed by atoms with Crippen LogP contribution in [0, 0.1) is 20.8 Å². The van der Waals surface area contributed by atoms with Crippen molar-refractivity contribution in [2.45, 2.75) is 47.5 Å². The van der Waals surface area contributed by atoms with E-state index in [4.69, 9.17) is 4.98 Å². The normalized spacial score (nSPS) is 11.2. The molecule has 0 aliphatic carbocycles. The number of imidazole rings is 1. The second-order valence-electron chi connectivity index (χ2n) is 5.35. The van der Waals surface area contributed by atoms with Gasteiger partial charge in [0.05, 0.1) is 5.69 Å². The largest absolute Gasteiger partial charge is 0.370 e. The summed E-state index contributed by atoms with van der Waals surface area (Å²) in [5, 5.41) is 3.32. The molecule has 0 amide bonds. The van der Waals surface area contributed by atoms with Crippen LogP contribution in [0.2, 0.25) is 0 Å². The molecule has 0 fully saturated rings. The Morgan fingerprint density at radius 1 is 1.20 bits per heavy atom. The number of nitrogens with one attached hydrogen (secondary N) is 1. The summed E-state index contributed by atoms with van der Waals surface area (Å²) < 4.78 is 2.04. The lowest BCUT2D eigenvalue weighted by molar-refractivity contribution is 0.756. The van der Waals surface area contributed by atoms with Crippen molar-refractivity contribution < 1.29 is 0 Å². The number of anilines is 1. The molecule has 108 valence electrons. The molecule has 2 rings (SSSR count). The van der Waals surface area contributed by atoms with Gasteiger partial charge in [0, 0.05) is 23.7 Å². The number of nitrogens with zero attached hydrogens (tertiary/aromatic N) is 4. The summed E-state index contributed by atoms with van der Waals surface area (Å²) in [6.07, 6.45) is 1.83. The third-order valence-electron chi connectivity index (χ3n) is 3.48. The Bertz CT molecular complexity index is 613. The highest BCUT2D eigenvalue weighted by atomic mass is 15.2. The SMILES string of the molecule is CCNc1nc(C(C)C)nc(-n2cnc(C)c2C)c1C. The van der Waals surface area contributed by atoms with Gasteiger partial charge in [-0.15, -0.1) is 0 Å². The van der Waals surface area contributed by atoms with Crippen LogP contribution in [-0.2, 0) is 0 Å². The number of hydrogen-bond acceptors (Lipinski definition) is 4. The van der Waals surface area contributed by atoms with Crippen LogP contribution in [0.1, 0.15) is 49.5 Å². The van der Waals surface area contributed by atoms with Crippen molar-refractivity contribution >= 4 is 5.82 Å². The summed E-state index contributed by atoms with van der Waals surface area (Å²) in [7, 11) is 0. The van der Waals surface area contributed by atoms with Crippen LogP contribution < -0.4 is 5.32 Å². The summed E-state index contributed by atoms with van der Waals surface area (Å²) >= 11 is 0. The molecule has 2 heterocycles. The Labute approximate surface area is 120 Å². The Morgan fingerprint density at radius 2 is 1.90 bits per heavy atom. The summed E-state index contributed by atoms with van der Waals surface area (Å²) in [5.41, 5.74) is 3.19. The van der Waals surface area contributed by atoms with Crippen molar-refractivity contribution in [1.29, 1.82) is 0 Å². The molecule has 0 aromatic carbocycles. The summed E-state index contributed by atoms with van der Waals surface area (Å²) in [6, 6.07) is 0. The number of aryl methyl sites for hydroxylation is 1. The molecule has 0 saturated heterocycles. The lowest BCUT2D eigenvalue weighted by atomic mass is 10.2. The van der Waals surface area contributed by atoms with E-state index in [9.17, 15) is 0 Å². The quantitative estimate of drug-likeness (QED) is 0.929. The lowest BCUT2D eigenvalue weighted by Gasteiger charge is -2.16. The van der Waals surface area contributed by atoms with Crippen molar-refractivity contribution in [2.24, 2.45) is 0 Å². The van der Waals surface area contributed by atoms with Crippen LogP contribution in [0.25, 0.3) is 5.82 Å². The maximum absolute atomic E-state index is 4.73. The zero-order valence-electron chi connectivity index (χ0n) is 13.2. The standard InChI is InChI=1S/C15H23N5/c1-7-16-14-10(4)15(19-13(18-14)9(2)3)20-8-17-11(5)12(20)6/h8-9H,7H2,1-6H3,(H,16,18,19). The second kappa shape index (κ2) is 5.61. The van der Waals surface area contributed by atoms with Gasteiger partial charge in [-0.05, 0) is 27.7 Å². The highest BCUT2D eigenvalue weighted by molar-refractivity contribution is 5.52. The molecule has 2 aromatic heterocycles. The molecule has 0 aliphatic heterocycles. The fraction of sp³-hybridized carbons (Fsp3) is 0.533. The first-order valence-corrected chi connectivity index (χ1v) is 7.09. The summed E-state index contributed by atoms with van der Waals surface area (Å²) in [6.45, 7) is 13.3. The average molecular weight is 273 g/mol. The molecule has 0 spiro atoms. The van der Waals surface area contributed by atoms with E-state index >= 15 is 0 Å². The van der Waals surface area contributed by atoms with Gasteiger partial charge in [-0.1, -0.05) is 13.8 Å². The van der Waals surface area contributed by atoms with Crippen LogP contribution in [-0.4, -0.2) is 26.1 Å². The molecule has 0 aliphatic rings. The van der Waals surface area contributed by atoms with Crippen molar-refractivity contribution in [3.8, 4) is 5.82 Å². The predicted molar refractivity (Wildman–Crippen MR) is 81.6 cm³/mol. The molecule has 0 saturated carbocycles. The number of hydrogen-bond donors (Lipinski definition) is 1. The van der Waals surface area contributed by atoms with Crippen LogP contribution in [0.15, 0.2) is 6.33 Å². The van der Waals surface area contributed by atoms with Crippen LogP contribution in [0.3, 0.4) is 0 Å². The zero-order valence-corrected chi connectivity index (χ0v) is 13.2. The van der Waals surface area contributed by atoms with E-state index < -0.39 is 0 Å². The molecule has 0 unspecified atom stereocenters. The monoisotopic (exact) mass is 273 g/mol. The van der Waals surface area contributed by atoms with Gasteiger partial charge in [-0.2, -0.15) is 0 Å². The van der Waals surface area contributed by atoms with E-state index in [2.05, 4.69) is 43.0 Å². The topological polar surface area (TPSA) is 55.6 Å². The minimum Gasteiger partial charge on any atom is -0.370 e. The first-order valence-electron chi connectivity index (χ1n) is 7.09. The van der Waals surface area contributed by atoms with Gasteiger partial charge in [0.2, 0.25) is 0 Å². The minimum atomic E-state index is 0.289. The van der Waals surface area contributed by atoms with E-state index in [1.54, 1.807) is 0 Å². The zero-order chi connectivity index (χ0) is 14.9. The summed E-state index contributed by atoms with van der Waals surface area (Å²) in [4.78, 5) is 13.7. The smallest absolute Gasteiger partial charge is 0.146 e. The van der Waals surface area contributed by atoms with Crippen molar-refractivity contribution in [3.05, 3.63) is 29.1 Å². The Balaban J connectivity index is 2.64. The van der Waals surface area contributed by atoms with Gasteiger partial charge in [-0.3, -0.25) is 4.57 Å². The van der Waals surface area contributed by atoms with E-state index in [-0.39, 0.29) is 5.92 Å². The lowest BCUT2D eigenvalue weighted by Crippen LogP contribution is -2.12. The third kappa shape index (κ3) is 2.53. The van der Waals surface area contributed by atoms with Gasteiger partial charge in [0.25, 0.3) is 0 Å². The van der Waals surface area contributed by atoms with Gasteiger partial charge in [0.15, 0.2) is 0 Å². The Kier molecular flexibility index (Phi) is 4.06. The Hall–Kier alpha value is -1.91. The molecule has 0 bridgehead atoms. The second-order valence-corrected chi connectivity index (χ2v) is 5.35. The van der Waals surface area contributed by atoms with Gasteiger partial charge >= 0.3 is 0 Å². The van der Waals surface area contributed by atoms with E-state index in [0.29, 0.717) is 0 Å². The van der Waals surface area contributed by atoms with E-state index in [0.717, 1.165) is 41.0 Å². The minimum absolute atomic E-state index is 0.289. The van der Waals surface area contributed by atoms with Gasteiger partial charge in [-0.25, -0.2) is 15.0 Å². The van der Waals surface area contributed by atoms with E-state index in [1.807, 2.05) is 24.7 Å². The Morgan fingerprint density at radius 3 is 2.40 bits per heavy atom. The van der Waals surface area contributed by atoms with Crippen LogP contribution in [0.5, 0.6) is 0 Å². The highest BCUT2D eigenvalue weighted by Gasteiger charge is 2.16. The summed E-state index contributed by atoms with van der Waals surface area (Å²) in [5.74, 6) is 2.97. The van der Waals surface area contributed by atoms with Crippen LogP contribution in [0.4, 0.5) is 5.82 Å².